The van der Waals surface area contributed by atoms with Gasteiger partial charge in [0.15, 0.2) is 11.6 Å². The second-order valence-electron chi connectivity index (χ2n) is 5.88. The molecule has 0 N–H and O–H groups in total. The summed E-state index contributed by atoms with van der Waals surface area (Å²) < 4.78 is 35.4. The molecule has 4 rings (SSSR count). The molecule has 0 spiro atoms. The monoisotopic (exact) mass is 385 g/mol. The Bertz CT molecular complexity index is 1120. The number of pyridine rings is 1. The van der Waals surface area contributed by atoms with E-state index in [1.54, 1.807) is 6.07 Å². The maximum absolute atomic E-state index is 14.4. The normalized spacial score (nSPS) is 11.1. The van der Waals surface area contributed by atoms with Gasteiger partial charge in [-0.05, 0) is 29.8 Å². The lowest BCUT2D eigenvalue weighted by Gasteiger charge is -2.06. The molecule has 7 heteroatoms. The number of halogens is 3. The van der Waals surface area contributed by atoms with Gasteiger partial charge in [-0.1, -0.05) is 24.3 Å². The largest absolute Gasteiger partial charge is 0.480 e. The molecule has 4 aromatic rings. The van der Waals surface area contributed by atoms with Gasteiger partial charge in [-0.3, -0.25) is 0 Å². The summed E-state index contributed by atoms with van der Waals surface area (Å²) in [6.07, 6.45) is 1.51. The van der Waals surface area contributed by atoms with E-state index in [-0.39, 0.29) is 5.69 Å². The zero-order chi connectivity index (χ0) is 19.0. The van der Waals surface area contributed by atoms with Crippen LogP contribution in [-0.2, 0) is 5.88 Å². The Morgan fingerprint density at radius 1 is 1.07 bits per heavy atom. The number of nitrogens with zero attached hydrogens (tertiary/aromatic N) is 3. The average molecular weight is 386 g/mol. The van der Waals surface area contributed by atoms with Crippen LogP contribution in [0.1, 0.15) is 5.56 Å². The van der Waals surface area contributed by atoms with Crippen LogP contribution in [0.3, 0.4) is 0 Å². The van der Waals surface area contributed by atoms with E-state index in [0.717, 1.165) is 11.1 Å². The van der Waals surface area contributed by atoms with Crippen LogP contribution >= 0.6 is 11.6 Å². The van der Waals surface area contributed by atoms with Gasteiger partial charge >= 0.3 is 0 Å². The molecular formula is C20H14ClF2N3O. The van der Waals surface area contributed by atoms with Crippen molar-refractivity contribution in [2.24, 2.45) is 0 Å². The number of rotatable bonds is 4. The summed E-state index contributed by atoms with van der Waals surface area (Å²) in [6, 6.07) is 12.8. The van der Waals surface area contributed by atoms with Crippen molar-refractivity contribution in [2.45, 2.75) is 5.88 Å². The van der Waals surface area contributed by atoms with Crippen molar-refractivity contribution in [2.75, 3.05) is 7.11 Å². The number of fused-ring (bicyclic) bond motifs is 1. The highest BCUT2D eigenvalue weighted by atomic mass is 35.5. The quantitative estimate of drug-likeness (QED) is 0.458. The van der Waals surface area contributed by atoms with Crippen LogP contribution < -0.4 is 4.74 Å². The fraction of sp³-hybridized carbons (Fsp3) is 0.100. The summed E-state index contributed by atoms with van der Waals surface area (Å²) in [5.41, 5.74) is 2.38. The van der Waals surface area contributed by atoms with Crippen LogP contribution in [0.5, 0.6) is 5.88 Å². The van der Waals surface area contributed by atoms with Crippen molar-refractivity contribution in [3.8, 4) is 22.8 Å². The fourth-order valence-electron chi connectivity index (χ4n) is 3.06. The Morgan fingerprint density at radius 2 is 1.81 bits per heavy atom. The molecule has 4 nitrogen and oxygen atoms in total. The van der Waals surface area contributed by atoms with E-state index in [1.165, 1.54) is 36.2 Å². The van der Waals surface area contributed by atoms with Gasteiger partial charge in [-0.2, -0.15) is 5.10 Å². The second kappa shape index (κ2) is 6.96. The number of hydrogen-bond donors (Lipinski definition) is 0. The number of benzene rings is 2. The summed E-state index contributed by atoms with van der Waals surface area (Å²) in [4.78, 5) is 4.22. The molecule has 0 aliphatic carbocycles. The minimum absolute atomic E-state index is 0.254. The Balaban J connectivity index is 2.08. The zero-order valence-corrected chi connectivity index (χ0v) is 15.0. The standard InChI is InChI=1S/C20H14ClF2N3O/c1-27-20-17-16(8-9-24-20)26(19-14(22)6-3-7-15(19)23)25-18(17)13-5-2-4-12(10-13)11-21/h2-10H,11H2,1H3. The molecule has 0 unspecified atom stereocenters. The van der Waals surface area contributed by atoms with Crippen LogP contribution in [0.25, 0.3) is 27.8 Å². The van der Waals surface area contributed by atoms with Gasteiger partial charge in [0.25, 0.3) is 0 Å². The fourth-order valence-corrected chi connectivity index (χ4v) is 3.22. The predicted octanol–water partition coefficient (Wildman–Crippen LogP) is 5.11. The molecule has 136 valence electrons. The lowest BCUT2D eigenvalue weighted by Crippen LogP contribution is -2.03. The van der Waals surface area contributed by atoms with E-state index in [0.29, 0.717) is 28.4 Å². The number of methoxy groups -OCH3 is 1. The number of para-hydroxylation sites is 1. The number of aromatic nitrogens is 3. The van der Waals surface area contributed by atoms with Crippen LogP contribution in [-0.4, -0.2) is 21.9 Å². The minimum Gasteiger partial charge on any atom is -0.480 e. The molecule has 2 heterocycles. The Labute approximate surface area is 159 Å². The molecule has 0 bridgehead atoms. The van der Waals surface area contributed by atoms with Gasteiger partial charge in [0.05, 0.1) is 18.0 Å². The van der Waals surface area contributed by atoms with Crippen molar-refractivity contribution < 1.29 is 13.5 Å². The topological polar surface area (TPSA) is 39.9 Å². The van der Waals surface area contributed by atoms with E-state index in [2.05, 4.69) is 10.1 Å². The molecule has 27 heavy (non-hydrogen) atoms. The molecule has 0 aliphatic heterocycles. The average Bonchev–Trinajstić information content (AvgIpc) is 3.07. The lowest BCUT2D eigenvalue weighted by atomic mass is 10.1. The van der Waals surface area contributed by atoms with Crippen LogP contribution in [0, 0.1) is 11.6 Å². The Kier molecular flexibility index (Phi) is 4.49. The summed E-state index contributed by atoms with van der Waals surface area (Å²) in [5.74, 6) is -0.765. The van der Waals surface area contributed by atoms with Gasteiger partial charge in [-0.15, -0.1) is 11.6 Å². The molecule has 0 saturated heterocycles. The predicted molar refractivity (Wildman–Crippen MR) is 100 cm³/mol. The molecule has 2 aromatic carbocycles. The van der Waals surface area contributed by atoms with Gasteiger partial charge in [0.1, 0.15) is 11.4 Å². The molecule has 0 atom stereocenters. The highest BCUT2D eigenvalue weighted by molar-refractivity contribution is 6.17. The van der Waals surface area contributed by atoms with Crippen LogP contribution in [0.2, 0.25) is 0 Å². The van der Waals surface area contributed by atoms with Crippen molar-refractivity contribution in [1.29, 1.82) is 0 Å². The molecule has 0 saturated carbocycles. The summed E-state index contributed by atoms with van der Waals surface area (Å²) in [6.45, 7) is 0. The Morgan fingerprint density at radius 3 is 2.52 bits per heavy atom. The second-order valence-corrected chi connectivity index (χ2v) is 6.15. The third-order valence-corrected chi connectivity index (χ3v) is 4.57. The molecule has 0 amide bonds. The van der Waals surface area contributed by atoms with Crippen LogP contribution in [0.4, 0.5) is 8.78 Å². The maximum Gasteiger partial charge on any atom is 0.224 e. The van der Waals surface area contributed by atoms with E-state index in [4.69, 9.17) is 16.3 Å². The summed E-state index contributed by atoms with van der Waals surface area (Å²) in [7, 11) is 1.49. The molecular weight excluding hydrogens is 372 g/mol. The van der Waals surface area contributed by atoms with Gasteiger partial charge in [-0.25, -0.2) is 18.4 Å². The molecule has 0 aliphatic rings. The maximum atomic E-state index is 14.4. The third-order valence-electron chi connectivity index (χ3n) is 4.26. The first-order valence-corrected chi connectivity index (χ1v) is 8.69. The summed E-state index contributed by atoms with van der Waals surface area (Å²) >= 11 is 5.94. The lowest BCUT2D eigenvalue weighted by molar-refractivity contribution is 0.403. The zero-order valence-electron chi connectivity index (χ0n) is 14.3. The molecule has 2 aromatic heterocycles. The van der Waals surface area contributed by atoms with Crippen molar-refractivity contribution >= 4 is 22.5 Å². The number of alkyl halides is 1. The smallest absolute Gasteiger partial charge is 0.224 e. The van der Waals surface area contributed by atoms with Crippen LogP contribution in [0.15, 0.2) is 54.7 Å². The van der Waals surface area contributed by atoms with Crippen molar-refractivity contribution in [3.05, 3.63) is 71.9 Å². The van der Waals surface area contributed by atoms with E-state index in [9.17, 15) is 8.78 Å². The first-order chi connectivity index (χ1) is 13.1. The summed E-state index contributed by atoms with van der Waals surface area (Å²) in [5, 5.41) is 5.07. The van der Waals surface area contributed by atoms with Gasteiger partial charge < -0.3 is 4.74 Å². The highest BCUT2D eigenvalue weighted by Crippen LogP contribution is 2.36. The molecule has 0 fully saturated rings. The SMILES string of the molecule is COc1nccc2c1c(-c1cccc(CCl)c1)nn2-c1c(F)cccc1F. The molecule has 0 radical (unpaired) electrons. The number of hydrogen-bond acceptors (Lipinski definition) is 3. The van der Waals surface area contributed by atoms with Crippen molar-refractivity contribution in [1.82, 2.24) is 14.8 Å². The van der Waals surface area contributed by atoms with E-state index >= 15 is 0 Å². The minimum atomic E-state index is -0.712. The van der Waals surface area contributed by atoms with Gasteiger partial charge in [0.2, 0.25) is 5.88 Å². The van der Waals surface area contributed by atoms with E-state index in [1.807, 2.05) is 24.3 Å². The number of ether oxygens (including phenoxy) is 1. The Hall–Kier alpha value is -2.99. The van der Waals surface area contributed by atoms with Crippen molar-refractivity contribution in [3.63, 3.8) is 0 Å². The van der Waals surface area contributed by atoms with E-state index < -0.39 is 11.6 Å². The van der Waals surface area contributed by atoms with Gasteiger partial charge in [0, 0.05) is 17.6 Å². The first-order valence-electron chi connectivity index (χ1n) is 8.15. The highest BCUT2D eigenvalue weighted by Gasteiger charge is 2.22. The first kappa shape index (κ1) is 17.4. The third kappa shape index (κ3) is 2.92.